The van der Waals surface area contributed by atoms with Crippen LogP contribution >= 0.6 is 11.3 Å². The smallest absolute Gasteiger partial charge is 0.346 e. The highest BCUT2D eigenvalue weighted by atomic mass is 32.1. The van der Waals surface area contributed by atoms with Gasteiger partial charge < -0.3 is 15.3 Å². The zero-order chi connectivity index (χ0) is 13.2. The molecule has 2 N–H and O–H groups in total. The van der Waals surface area contributed by atoms with E-state index in [0.717, 1.165) is 12.1 Å². The number of nitrogens with one attached hydrogen (secondary N) is 1. The van der Waals surface area contributed by atoms with Crippen LogP contribution < -0.4 is 5.32 Å². The Kier molecular flexibility index (Phi) is 4.04. The second-order valence-electron chi connectivity index (χ2n) is 5.16. The Morgan fingerprint density at radius 1 is 1.56 bits per heavy atom. The van der Waals surface area contributed by atoms with E-state index in [1.54, 1.807) is 0 Å². The molecule has 1 aromatic rings. The van der Waals surface area contributed by atoms with Crippen molar-refractivity contribution in [2.45, 2.75) is 31.3 Å². The van der Waals surface area contributed by atoms with E-state index in [0.29, 0.717) is 11.4 Å². The predicted octanol–water partition coefficient (Wildman–Crippen LogP) is 2.02. The normalized spacial score (nSPS) is 17.7. The zero-order valence-electron chi connectivity index (χ0n) is 10.9. The largest absolute Gasteiger partial charge is 0.477 e. The van der Waals surface area contributed by atoms with Crippen LogP contribution in [0.3, 0.4) is 0 Å². The molecule has 2 rings (SSSR count). The molecule has 0 unspecified atom stereocenters. The summed E-state index contributed by atoms with van der Waals surface area (Å²) in [5.74, 6) is -0.826. The molecule has 100 valence electrons. The quantitative estimate of drug-likeness (QED) is 0.829. The van der Waals surface area contributed by atoms with Gasteiger partial charge in [-0.25, -0.2) is 4.79 Å². The van der Waals surface area contributed by atoms with E-state index < -0.39 is 5.97 Å². The molecule has 1 heterocycles. The molecule has 5 heteroatoms. The number of thiophene rings is 1. The van der Waals surface area contributed by atoms with Gasteiger partial charge in [0, 0.05) is 18.6 Å². The molecule has 4 nitrogen and oxygen atoms in total. The summed E-state index contributed by atoms with van der Waals surface area (Å²) < 4.78 is 0. The Bertz CT molecular complexity index is 424. The first-order chi connectivity index (χ1) is 8.55. The molecule has 1 aliphatic rings. The maximum Gasteiger partial charge on any atom is 0.346 e. The lowest BCUT2D eigenvalue weighted by atomic mass is 9.75. The Balaban J connectivity index is 1.88. The molecular formula is C13H20N2O2S. The molecule has 0 amide bonds. The number of aromatic carboxylic acids is 1. The Hall–Kier alpha value is -0.910. The van der Waals surface area contributed by atoms with Crippen LogP contribution in [0.15, 0.2) is 11.4 Å². The first kappa shape index (κ1) is 13.5. The maximum atomic E-state index is 11.0. The van der Waals surface area contributed by atoms with Crippen molar-refractivity contribution in [2.24, 2.45) is 0 Å². The summed E-state index contributed by atoms with van der Waals surface area (Å²) in [6, 6.07) is 1.89. The van der Waals surface area contributed by atoms with Crippen LogP contribution in [-0.2, 0) is 6.54 Å². The van der Waals surface area contributed by atoms with Crippen molar-refractivity contribution in [1.82, 2.24) is 10.2 Å². The molecule has 0 atom stereocenters. The molecule has 0 saturated heterocycles. The summed E-state index contributed by atoms with van der Waals surface area (Å²) in [7, 11) is 4.24. The van der Waals surface area contributed by atoms with Gasteiger partial charge in [0.05, 0.1) is 0 Å². The molecule has 1 saturated carbocycles. The molecule has 0 bridgehead atoms. The number of hydrogen-bond donors (Lipinski definition) is 2. The van der Waals surface area contributed by atoms with E-state index in [1.807, 2.05) is 11.4 Å². The summed E-state index contributed by atoms with van der Waals surface area (Å²) in [4.78, 5) is 13.7. The van der Waals surface area contributed by atoms with Crippen molar-refractivity contribution in [3.8, 4) is 0 Å². The van der Waals surface area contributed by atoms with Gasteiger partial charge in [-0.3, -0.25) is 0 Å². The summed E-state index contributed by atoms with van der Waals surface area (Å²) >= 11 is 1.29. The van der Waals surface area contributed by atoms with Gasteiger partial charge in [-0.05, 0) is 50.4 Å². The minimum absolute atomic E-state index is 0.277. The summed E-state index contributed by atoms with van der Waals surface area (Å²) in [5, 5.41) is 14.3. The molecule has 18 heavy (non-hydrogen) atoms. The zero-order valence-corrected chi connectivity index (χ0v) is 11.7. The SMILES string of the molecule is CN(C)C1(CNCc2ccsc2C(=O)O)CCC1. The lowest BCUT2D eigenvalue weighted by Crippen LogP contribution is -2.56. The van der Waals surface area contributed by atoms with Gasteiger partial charge in [-0.1, -0.05) is 0 Å². The third-order valence-electron chi connectivity index (χ3n) is 3.94. The first-order valence-corrected chi connectivity index (χ1v) is 7.11. The summed E-state index contributed by atoms with van der Waals surface area (Å²) in [6.45, 7) is 1.57. The summed E-state index contributed by atoms with van der Waals surface area (Å²) in [6.07, 6.45) is 3.74. The van der Waals surface area contributed by atoms with Crippen LogP contribution in [0.1, 0.15) is 34.5 Å². The standard InChI is InChI=1S/C13H20N2O2S/c1-15(2)13(5-3-6-13)9-14-8-10-4-7-18-11(10)12(16)17/h4,7,14H,3,5-6,8-9H2,1-2H3,(H,16,17). The van der Waals surface area contributed by atoms with E-state index in [-0.39, 0.29) is 5.54 Å². The van der Waals surface area contributed by atoms with Gasteiger partial charge in [0.25, 0.3) is 0 Å². The van der Waals surface area contributed by atoms with E-state index in [2.05, 4.69) is 24.3 Å². The minimum atomic E-state index is -0.826. The van der Waals surface area contributed by atoms with Crippen LogP contribution in [0.2, 0.25) is 0 Å². The predicted molar refractivity (Wildman–Crippen MR) is 73.3 cm³/mol. The van der Waals surface area contributed by atoms with Crippen LogP contribution in [0, 0.1) is 0 Å². The van der Waals surface area contributed by atoms with Crippen molar-refractivity contribution >= 4 is 17.3 Å². The average Bonchev–Trinajstić information content (AvgIpc) is 2.69. The van der Waals surface area contributed by atoms with Crippen molar-refractivity contribution in [2.75, 3.05) is 20.6 Å². The van der Waals surface area contributed by atoms with E-state index >= 15 is 0 Å². The second-order valence-corrected chi connectivity index (χ2v) is 6.07. The molecule has 1 aliphatic carbocycles. The third-order valence-corrected chi connectivity index (χ3v) is 4.89. The van der Waals surface area contributed by atoms with Gasteiger partial charge in [0.15, 0.2) is 0 Å². The van der Waals surface area contributed by atoms with Crippen LogP contribution in [0.25, 0.3) is 0 Å². The van der Waals surface area contributed by atoms with Gasteiger partial charge in [-0.15, -0.1) is 11.3 Å². The third kappa shape index (κ3) is 2.58. The highest BCUT2D eigenvalue weighted by Crippen LogP contribution is 2.35. The molecule has 0 aromatic carbocycles. The number of hydrogen-bond acceptors (Lipinski definition) is 4. The number of rotatable bonds is 6. The van der Waals surface area contributed by atoms with Gasteiger partial charge in [0.1, 0.15) is 4.88 Å². The van der Waals surface area contributed by atoms with Crippen LogP contribution in [0.4, 0.5) is 0 Å². The Labute approximate surface area is 112 Å². The first-order valence-electron chi connectivity index (χ1n) is 6.23. The Morgan fingerprint density at radius 2 is 2.28 bits per heavy atom. The Morgan fingerprint density at radius 3 is 2.78 bits per heavy atom. The highest BCUT2D eigenvalue weighted by Gasteiger charge is 2.38. The fourth-order valence-electron chi connectivity index (χ4n) is 2.46. The monoisotopic (exact) mass is 268 g/mol. The van der Waals surface area contributed by atoms with Crippen molar-refractivity contribution in [1.29, 1.82) is 0 Å². The molecule has 0 aliphatic heterocycles. The fraction of sp³-hybridized carbons (Fsp3) is 0.615. The topological polar surface area (TPSA) is 52.6 Å². The maximum absolute atomic E-state index is 11.0. The summed E-state index contributed by atoms with van der Waals surface area (Å²) in [5.41, 5.74) is 1.17. The molecule has 1 aromatic heterocycles. The van der Waals surface area contributed by atoms with E-state index in [4.69, 9.17) is 5.11 Å². The van der Waals surface area contributed by atoms with Crippen molar-refractivity contribution in [3.63, 3.8) is 0 Å². The molecule has 0 spiro atoms. The fourth-order valence-corrected chi connectivity index (χ4v) is 3.22. The molecular weight excluding hydrogens is 248 g/mol. The van der Waals surface area contributed by atoms with E-state index in [1.165, 1.54) is 30.6 Å². The average molecular weight is 268 g/mol. The second kappa shape index (κ2) is 5.38. The minimum Gasteiger partial charge on any atom is -0.477 e. The van der Waals surface area contributed by atoms with Gasteiger partial charge in [-0.2, -0.15) is 0 Å². The van der Waals surface area contributed by atoms with Gasteiger partial charge >= 0.3 is 5.97 Å². The number of carboxylic acid groups (broad SMARTS) is 1. The molecule has 1 fully saturated rings. The number of nitrogens with zero attached hydrogens (tertiary/aromatic N) is 1. The van der Waals surface area contributed by atoms with Crippen LogP contribution in [-0.4, -0.2) is 42.2 Å². The van der Waals surface area contributed by atoms with E-state index in [9.17, 15) is 4.79 Å². The highest BCUT2D eigenvalue weighted by molar-refractivity contribution is 7.12. The number of carbonyl (C=O) groups is 1. The molecule has 0 radical (unpaired) electrons. The van der Waals surface area contributed by atoms with Gasteiger partial charge in [0.2, 0.25) is 0 Å². The number of carboxylic acids is 1. The lowest BCUT2D eigenvalue weighted by molar-refractivity contribution is 0.0597. The van der Waals surface area contributed by atoms with Crippen LogP contribution in [0.5, 0.6) is 0 Å². The van der Waals surface area contributed by atoms with Crippen molar-refractivity contribution < 1.29 is 9.90 Å². The lowest BCUT2D eigenvalue weighted by Gasteiger charge is -2.47. The van der Waals surface area contributed by atoms with Crippen molar-refractivity contribution in [3.05, 3.63) is 21.9 Å². The number of likely N-dealkylation sites (N-methyl/N-ethyl adjacent to an activating group) is 1.